The van der Waals surface area contributed by atoms with Gasteiger partial charge in [-0.3, -0.25) is 0 Å². The second kappa shape index (κ2) is 6.55. The van der Waals surface area contributed by atoms with Crippen molar-refractivity contribution >= 4 is 34.0 Å². The molecule has 0 atom stereocenters. The predicted octanol–water partition coefficient (Wildman–Crippen LogP) is 4.75. The number of nitrogens with zero attached hydrogens (tertiary/aromatic N) is 2. The van der Waals surface area contributed by atoms with Crippen LogP contribution in [0.4, 0.5) is 10.8 Å². The SMILES string of the molecule is CC(C)(C)c1nsc(Nc2cccc(CCCCl)c2)n1. The highest BCUT2D eigenvalue weighted by atomic mass is 35.5. The molecule has 20 heavy (non-hydrogen) atoms. The Morgan fingerprint density at radius 1 is 1.30 bits per heavy atom. The maximum atomic E-state index is 5.73. The Labute approximate surface area is 129 Å². The summed E-state index contributed by atoms with van der Waals surface area (Å²) in [5.74, 6) is 1.58. The fraction of sp³-hybridized carbons (Fsp3) is 0.467. The van der Waals surface area contributed by atoms with Crippen LogP contribution in [0.1, 0.15) is 38.6 Å². The molecule has 0 radical (unpaired) electrons. The first-order chi connectivity index (χ1) is 9.49. The third kappa shape index (κ3) is 4.18. The van der Waals surface area contributed by atoms with Crippen molar-refractivity contribution in [3.05, 3.63) is 35.7 Å². The van der Waals surface area contributed by atoms with Crippen LogP contribution in [0.15, 0.2) is 24.3 Å². The van der Waals surface area contributed by atoms with Crippen LogP contribution < -0.4 is 5.32 Å². The molecule has 1 N–H and O–H groups in total. The standard InChI is InChI=1S/C15H20ClN3S/c1-15(2,3)13-18-14(20-19-13)17-12-8-4-6-11(10-12)7-5-9-16/h4,6,8,10H,5,7,9H2,1-3H3,(H,17,18,19). The number of aromatic nitrogens is 2. The van der Waals surface area contributed by atoms with Gasteiger partial charge in [-0.1, -0.05) is 32.9 Å². The minimum Gasteiger partial charge on any atom is -0.330 e. The molecule has 1 heterocycles. The van der Waals surface area contributed by atoms with E-state index in [0.29, 0.717) is 5.88 Å². The van der Waals surface area contributed by atoms with Gasteiger partial charge in [-0.05, 0) is 30.5 Å². The lowest BCUT2D eigenvalue weighted by Crippen LogP contribution is -2.13. The summed E-state index contributed by atoms with van der Waals surface area (Å²) in [6.45, 7) is 6.35. The topological polar surface area (TPSA) is 37.8 Å². The number of aryl methyl sites for hydroxylation is 1. The number of hydrogen-bond donors (Lipinski definition) is 1. The summed E-state index contributed by atoms with van der Waals surface area (Å²) < 4.78 is 4.41. The largest absolute Gasteiger partial charge is 0.330 e. The van der Waals surface area contributed by atoms with Crippen molar-refractivity contribution in [2.75, 3.05) is 11.2 Å². The summed E-state index contributed by atoms with van der Waals surface area (Å²) >= 11 is 7.14. The molecule has 0 aliphatic carbocycles. The van der Waals surface area contributed by atoms with Gasteiger partial charge in [0.05, 0.1) is 0 Å². The summed E-state index contributed by atoms with van der Waals surface area (Å²) in [6, 6.07) is 8.36. The molecule has 5 heteroatoms. The van der Waals surface area contributed by atoms with Gasteiger partial charge in [0, 0.05) is 28.5 Å². The molecule has 0 saturated heterocycles. The van der Waals surface area contributed by atoms with Crippen LogP contribution in [0.2, 0.25) is 0 Å². The van der Waals surface area contributed by atoms with Gasteiger partial charge in [-0.2, -0.15) is 4.37 Å². The number of halogens is 1. The lowest BCUT2D eigenvalue weighted by atomic mass is 9.96. The smallest absolute Gasteiger partial charge is 0.207 e. The van der Waals surface area contributed by atoms with Crippen LogP contribution in [-0.2, 0) is 11.8 Å². The minimum atomic E-state index is -0.0153. The summed E-state index contributed by atoms with van der Waals surface area (Å²) in [4.78, 5) is 4.54. The average Bonchev–Trinajstić information content (AvgIpc) is 2.85. The van der Waals surface area contributed by atoms with E-state index in [4.69, 9.17) is 11.6 Å². The Bertz CT molecular complexity index is 560. The normalized spacial score (nSPS) is 11.6. The molecule has 0 aliphatic rings. The zero-order valence-corrected chi connectivity index (χ0v) is 13.7. The molecule has 1 aromatic carbocycles. The first kappa shape index (κ1) is 15.3. The van der Waals surface area contributed by atoms with E-state index in [9.17, 15) is 0 Å². The molecule has 2 rings (SSSR count). The van der Waals surface area contributed by atoms with Crippen molar-refractivity contribution < 1.29 is 0 Å². The van der Waals surface area contributed by atoms with Gasteiger partial charge in [0.15, 0.2) is 0 Å². The first-order valence-corrected chi connectivity index (χ1v) is 8.06. The maximum absolute atomic E-state index is 5.73. The van der Waals surface area contributed by atoms with E-state index in [-0.39, 0.29) is 5.41 Å². The number of hydrogen-bond acceptors (Lipinski definition) is 4. The Kier molecular flexibility index (Phi) is 5.00. The van der Waals surface area contributed by atoms with Gasteiger partial charge in [-0.25, -0.2) is 4.98 Å². The fourth-order valence-electron chi connectivity index (χ4n) is 1.78. The van der Waals surface area contributed by atoms with Crippen molar-refractivity contribution in [2.45, 2.75) is 39.0 Å². The number of benzene rings is 1. The highest BCUT2D eigenvalue weighted by Crippen LogP contribution is 2.25. The van der Waals surface area contributed by atoms with Gasteiger partial charge in [0.2, 0.25) is 5.13 Å². The molecule has 3 nitrogen and oxygen atoms in total. The van der Waals surface area contributed by atoms with Crippen molar-refractivity contribution in [1.82, 2.24) is 9.36 Å². The monoisotopic (exact) mass is 309 g/mol. The quantitative estimate of drug-likeness (QED) is 0.810. The van der Waals surface area contributed by atoms with E-state index in [1.807, 2.05) is 6.07 Å². The van der Waals surface area contributed by atoms with Crippen LogP contribution in [0.3, 0.4) is 0 Å². The number of alkyl halides is 1. The molecular weight excluding hydrogens is 290 g/mol. The van der Waals surface area contributed by atoms with Crippen molar-refractivity contribution in [3.8, 4) is 0 Å². The molecule has 108 valence electrons. The highest BCUT2D eigenvalue weighted by Gasteiger charge is 2.19. The summed E-state index contributed by atoms with van der Waals surface area (Å²) in [6.07, 6.45) is 2.00. The first-order valence-electron chi connectivity index (χ1n) is 6.75. The van der Waals surface area contributed by atoms with E-state index in [2.05, 4.69) is 53.6 Å². The zero-order chi connectivity index (χ0) is 14.6. The Morgan fingerprint density at radius 3 is 2.75 bits per heavy atom. The average molecular weight is 310 g/mol. The van der Waals surface area contributed by atoms with Crippen LogP contribution in [0, 0.1) is 0 Å². The highest BCUT2D eigenvalue weighted by molar-refractivity contribution is 7.09. The van der Waals surface area contributed by atoms with Crippen molar-refractivity contribution in [3.63, 3.8) is 0 Å². The summed E-state index contributed by atoms with van der Waals surface area (Å²) in [7, 11) is 0. The molecular formula is C15H20ClN3S. The molecule has 0 aliphatic heterocycles. The van der Waals surface area contributed by atoms with Gasteiger partial charge in [0.25, 0.3) is 0 Å². The second-order valence-corrected chi connectivity index (χ2v) is 6.92. The van der Waals surface area contributed by atoms with Gasteiger partial charge < -0.3 is 5.32 Å². The van der Waals surface area contributed by atoms with E-state index in [0.717, 1.165) is 29.5 Å². The molecule has 0 unspecified atom stereocenters. The Hall–Kier alpha value is -1.13. The van der Waals surface area contributed by atoms with Gasteiger partial charge in [-0.15, -0.1) is 11.6 Å². The second-order valence-electron chi connectivity index (χ2n) is 5.79. The minimum absolute atomic E-state index is 0.0153. The summed E-state index contributed by atoms with van der Waals surface area (Å²) in [5.41, 5.74) is 2.32. The van der Waals surface area contributed by atoms with Gasteiger partial charge in [0.1, 0.15) is 5.82 Å². The Balaban J connectivity index is 2.08. The zero-order valence-electron chi connectivity index (χ0n) is 12.1. The third-order valence-electron chi connectivity index (χ3n) is 2.87. The molecule has 0 amide bonds. The Morgan fingerprint density at radius 2 is 2.10 bits per heavy atom. The lowest BCUT2D eigenvalue weighted by molar-refractivity contribution is 0.555. The lowest BCUT2D eigenvalue weighted by Gasteiger charge is -2.12. The van der Waals surface area contributed by atoms with E-state index < -0.39 is 0 Å². The van der Waals surface area contributed by atoms with E-state index in [1.165, 1.54) is 17.1 Å². The molecule has 0 saturated carbocycles. The van der Waals surface area contributed by atoms with Crippen LogP contribution in [-0.4, -0.2) is 15.2 Å². The number of nitrogens with one attached hydrogen (secondary N) is 1. The van der Waals surface area contributed by atoms with Crippen LogP contribution in [0.5, 0.6) is 0 Å². The van der Waals surface area contributed by atoms with Crippen LogP contribution >= 0.6 is 23.1 Å². The van der Waals surface area contributed by atoms with E-state index >= 15 is 0 Å². The fourth-order valence-corrected chi connectivity index (χ4v) is 2.69. The summed E-state index contributed by atoms with van der Waals surface area (Å²) in [5, 5.41) is 4.16. The predicted molar refractivity (Wildman–Crippen MR) is 87.4 cm³/mol. The molecule has 0 spiro atoms. The van der Waals surface area contributed by atoms with Crippen molar-refractivity contribution in [2.24, 2.45) is 0 Å². The number of anilines is 2. The molecule has 2 aromatic rings. The third-order valence-corrected chi connectivity index (χ3v) is 3.77. The van der Waals surface area contributed by atoms with Crippen molar-refractivity contribution in [1.29, 1.82) is 0 Å². The molecule has 0 fully saturated rings. The van der Waals surface area contributed by atoms with Crippen LogP contribution in [0.25, 0.3) is 0 Å². The molecule has 0 bridgehead atoms. The molecule has 1 aromatic heterocycles. The number of rotatable bonds is 5. The van der Waals surface area contributed by atoms with Gasteiger partial charge >= 0.3 is 0 Å². The van der Waals surface area contributed by atoms with E-state index in [1.54, 1.807) is 0 Å². The maximum Gasteiger partial charge on any atom is 0.207 e.